The van der Waals surface area contributed by atoms with Crippen LogP contribution >= 0.6 is 0 Å². The fraction of sp³-hybridized carbons (Fsp3) is 0.500. The first-order valence-electron chi connectivity index (χ1n) is 2.69. The minimum absolute atomic E-state index is 0.0443. The van der Waals surface area contributed by atoms with E-state index in [2.05, 4.69) is 16.1 Å². The summed E-state index contributed by atoms with van der Waals surface area (Å²) in [7, 11) is 0. The molecule has 0 saturated carbocycles. The maximum Gasteiger partial charge on any atom is 0.344 e. The van der Waals surface area contributed by atoms with Gasteiger partial charge in [0.2, 0.25) is 0 Å². The fourth-order valence-electron chi connectivity index (χ4n) is 0.330. The summed E-state index contributed by atoms with van der Waals surface area (Å²) in [5.41, 5.74) is 0. The van der Waals surface area contributed by atoms with Crippen LogP contribution in [0.4, 0.5) is 0 Å². The lowest BCUT2D eigenvalue weighted by molar-refractivity contribution is -0.146. The van der Waals surface area contributed by atoms with E-state index in [1.165, 1.54) is 6.26 Å². The number of ether oxygens (including phenoxy) is 2. The summed E-state index contributed by atoms with van der Waals surface area (Å²) in [5.74, 6) is -0.364. The van der Waals surface area contributed by atoms with Crippen LogP contribution in [0.2, 0.25) is 0 Å². The van der Waals surface area contributed by atoms with Crippen molar-refractivity contribution in [2.45, 2.75) is 6.92 Å². The first-order chi connectivity index (χ1) is 4.31. The predicted molar refractivity (Wildman–Crippen MR) is 32.8 cm³/mol. The Kier molecular flexibility index (Phi) is 4.59. The maximum absolute atomic E-state index is 10.4. The Hall–Kier alpha value is -0.990. The SMILES string of the molecule is C=COCC(=O)OCC. The summed E-state index contributed by atoms with van der Waals surface area (Å²) in [6, 6.07) is 0. The van der Waals surface area contributed by atoms with Gasteiger partial charge in [-0.2, -0.15) is 0 Å². The molecule has 0 heterocycles. The maximum atomic E-state index is 10.4. The number of rotatable bonds is 4. The van der Waals surface area contributed by atoms with Crippen LogP contribution in [-0.2, 0) is 14.3 Å². The number of esters is 1. The zero-order valence-corrected chi connectivity index (χ0v) is 5.42. The second-order valence-electron chi connectivity index (χ2n) is 1.28. The first-order valence-corrected chi connectivity index (χ1v) is 2.69. The molecule has 0 aromatic carbocycles. The van der Waals surface area contributed by atoms with Gasteiger partial charge in [0.1, 0.15) is 0 Å². The van der Waals surface area contributed by atoms with Gasteiger partial charge in [-0.25, -0.2) is 4.79 Å². The Labute approximate surface area is 54.3 Å². The molecule has 9 heavy (non-hydrogen) atoms. The molecule has 0 bridgehead atoms. The molecule has 0 aromatic heterocycles. The lowest BCUT2D eigenvalue weighted by Gasteiger charge is -1.98. The van der Waals surface area contributed by atoms with Gasteiger partial charge < -0.3 is 9.47 Å². The number of carbonyl (C=O) groups excluding carboxylic acids is 1. The van der Waals surface area contributed by atoms with E-state index in [1.807, 2.05) is 0 Å². The Morgan fingerprint density at radius 3 is 2.89 bits per heavy atom. The minimum atomic E-state index is -0.364. The summed E-state index contributed by atoms with van der Waals surface area (Å²) in [6.45, 7) is 5.35. The summed E-state index contributed by atoms with van der Waals surface area (Å²) in [4.78, 5) is 10.4. The Balaban J connectivity index is 3.16. The number of hydrogen-bond donors (Lipinski definition) is 0. The normalized spacial score (nSPS) is 8.11. The molecule has 0 aliphatic rings. The van der Waals surface area contributed by atoms with Gasteiger partial charge in [0.25, 0.3) is 0 Å². The number of carbonyl (C=O) groups is 1. The monoisotopic (exact) mass is 130 g/mol. The molecule has 0 rings (SSSR count). The molecule has 0 saturated heterocycles. The van der Waals surface area contributed by atoms with Crippen molar-refractivity contribution in [3.8, 4) is 0 Å². The van der Waals surface area contributed by atoms with Crippen LogP contribution in [0, 0.1) is 0 Å². The van der Waals surface area contributed by atoms with Gasteiger partial charge >= 0.3 is 5.97 Å². The van der Waals surface area contributed by atoms with Crippen molar-refractivity contribution in [3.63, 3.8) is 0 Å². The molecule has 3 nitrogen and oxygen atoms in total. The van der Waals surface area contributed by atoms with E-state index in [0.29, 0.717) is 6.61 Å². The molecule has 52 valence electrons. The molecule has 0 radical (unpaired) electrons. The quantitative estimate of drug-likeness (QED) is 0.415. The molecule has 0 atom stereocenters. The topological polar surface area (TPSA) is 35.5 Å². The molecular formula is C6H10O3. The van der Waals surface area contributed by atoms with Gasteiger partial charge in [0.05, 0.1) is 12.9 Å². The van der Waals surface area contributed by atoms with Crippen molar-refractivity contribution in [1.29, 1.82) is 0 Å². The molecular weight excluding hydrogens is 120 g/mol. The molecule has 0 unspecified atom stereocenters. The van der Waals surface area contributed by atoms with Crippen LogP contribution in [0.25, 0.3) is 0 Å². The van der Waals surface area contributed by atoms with E-state index in [4.69, 9.17) is 0 Å². The highest BCUT2D eigenvalue weighted by Gasteiger charge is 1.97. The smallest absolute Gasteiger partial charge is 0.344 e. The Bertz CT molecular complexity index is 98.5. The van der Waals surface area contributed by atoms with Crippen molar-refractivity contribution in [3.05, 3.63) is 12.8 Å². The summed E-state index contributed by atoms with van der Waals surface area (Å²) < 4.78 is 9.07. The van der Waals surface area contributed by atoms with E-state index >= 15 is 0 Å². The largest absolute Gasteiger partial charge is 0.490 e. The van der Waals surface area contributed by atoms with Crippen LogP contribution in [0.15, 0.2) is 12.8 Å². The molecule has 0 N–H and O–H groups in total. The van der Waals surface area contributed by atoms with Gasteiger partial charge in [-0.1, -0.05) is 6.58 Å². The Morgan fingerprint density at radius 2 is 2.44 bits per heavy atom. The predicted octanol–water partition coefficient (Wildman–Crippen LogP) is 0.710. The molecule has 0 aliphatic heterocycles. The van der Waals surface area contributed by atoms with Crippen molar-refractivity contribution in [2.24, 2.45) is 0 Å². The standard InChI is InChI=1S/C6H10O3/c1-3-8-5-6(7)9-4-2/h3H,1,4-5H2,2H3. The summed E-state index contributed by atoms with van der Waals surface area (Å²) in [5, 5.41) is 0. The fourth-order valence-corrected chi connectivity index (χ4v) is 0.330. The van der Waals surface area contributed by atoms with E-state index in [1.54, 1.807) is 6.92 Å². The molecule has 0 amide bonds. The van der Waals surface area contributed by atoms with Crippen LogP contribution in [0.1, 0.15) is 6.92 Å². The van der Waals surface area contributed by atoms with Crippen molar-refractivity contribution in [1.82, 2.24) is 0 Å². The highest BCUT2D eigenvalue weighted by atomic mass is 16.6. The van der Waals surface area contributed by atoms with Gasteiger partial charge in [-0.05, 0) is 6.92 Å². The second kappa shape index (κ2) is 5.15. The van der Waals surface area contributed by atoms with E-state index in [-0.39, 0.29) is 12.6 Å². The van der Waals surface area contributed by atoms with Crippen LogP contribution in [0.3, 0.4) is 0 Å². The average molecular weight is 130 g/mol. The van der Waals surface area contributed by atoms with Gasteiger partial charge in [-0.3, -0.25) is 0 Å². The lowest BCUT2D eigenvalue weighted by atomic mass is 10.7. The van der Waals surface area contributed by atoms with Crippen LogP contribution < -0.4 is 0 Å². The van der Waals surface area contributed by atoms with E-state index < -0.39 is 0 Å². The highest BCUT2D eigenvalue weighted by Crippen LogP contribution is 1.79. The Morgan fingerprint density at radius 1 is 1.78 bits per heavy atom. The average Bonchev–Trinajstić information content (AvgIpc) is 1.85. The first kappa shape index (κ1) is 8.01. The van der Waals surface area contributed by atoms with Gasteiger partial charge in [0.15, 0.2) is 6.61 Å². The van der Waals surface area contributed by atoms with Crippen molar-refractivity contribution in [2.75, 3.05) is 13.2 Å². The second-order valence-corrected chi connectivity index (χ2v) is 1.28. The third kappa shape index (κ3) is 4.87. The van der Waals surface area contributed by atoms with E-state index in [9.17, 15) is 4.79 Å². The molecule has 0 fully saturated rings. The highest BCUT2D eigenvalue weighted by molar-refractivity contribution is 5.70. The summed E-state index contributed by atoms with van der Waals surface area (Å²) in [6.07, 6.45) is 1.21. The molecule has 0 aromatic rings. The van der Waals surface area contributed by atoms with Crippen LogP contribution in [-0.4, -0.2) is 19.2 Å². The third-order valence-corrected chi connectivity index (χ3v) is 0.624. The molecule has 0 aliphatic carbocycles. The minimum Gasteiger partial charge on any atom is -0.490 e. The lowest BCUT2D eigenvalue weighted by Crippen LogP contribution is -2.09. The zero-order chi connectivity index (χ0) is 7.11. The molecule has 0 spiro atoms. The van der Waals surface area contributed by atoms with Gasteiger partial charge in [-0.15, -0.1) is 0 Å². The zero-order valence-electron chi connectivity index (χ0n) is 5.42. The summed E-state index contributed by atoms with van der Waals surface area (Å²) >= 11 is 0. The van der Waals surface area contributed by atoms with Crippen molar-refractivity contribution < 1.29 is 14.3 Å². The molecule has 3 heteroatoms. The third-order valence-electron chi connectivity index (χ3n) is 0.624. The van der Waals surface area contributed by atoms with E-state index in [0.717, 1.165) is 0 Å². The van der Waals surface area contributed by atoms with Crippen molar-refractivity contribution >= 4 is 5.97 Å². The van der Waals surface area contributed by atoms with Gasteiger partial charge in [0, 0.05) is 0 Å². The van der Waals surface area contributed by atoms with Crippen LogP contribution in [0.5, 0.6) is 0 Å². The number of hydrogen-bond acceptors (Lipinski definition) is 3.